The third kappa shape index (κ3) is 3.44. The van der Waals surface area contributed by atoms with Crippen LogP contribution in [0.2, 0.25) is 0 Å². The van der Waals surface area contributed by atoms with E-state index in [2.05, 4.69) is 47.9 Å². The highest BCUT2D eigenvalue weighted by atomic mass is 16.5. The summed E-state index contributed by atoms with van der Waals surface area (Å²) in [6.07, 6.45) is 1.45. The highest BCUT2D eigenvalue weighted by Gasteiger charge is 2.34. The molecule has 1 fully saturated rings. The number of rotatable bonds is 3. The number of fused-ring (bicyclic) bond motifs is 1. The molecule has 0 spiro atoms. The first-order chi connectivity index (χ1) is 13.1. The van der Waals surface area contributed by atoms with Crippen LogP contribution < -0.4 is 9.64 Å². The number of aliphatic hydroxyl groups is 1. The Hall–Kier alpha value is -2.04. The van der Waals surface area contributed by atoms with Gasteiger partial charge in [0.15, 0.2) is 0 Å². The third-order valence-corrected chi connectivity index (χ3v) is 6.38. The molecule has 0 aromatic heterocycles. The predicted octanol–water partition coefficient (Wildman–Crippen LogP) is 2.96. The van der Waals surface area contributed by atoms with E-state index < -0.39 is 0 Å². The van der Waals surface area contributed by atoms with Crippen LogP contribution in [0, 0.1) is 13.8 Å². The van der Waals surface area contributed by atoms with Crippen molar-refractivity contribution in [2.75, 3.05) is 38.2 Å². The molecule has 1 aliphatic heterocycles. The van der Waals surface area contributed by atoms with Crippen LogP contribution in [0.15, 0.2) is 36.4 Å². The summed E-state index contributed by atoms with van der Waals surface area (Å²) in [7, 11) is 1.73. The molecule has 4 rings (SSSR count). The molecular weight excluding hydrogens is 336 g/mol. The minimum absolute atomic E-state index is 0.220. The number of methoxy groups -OCH3 is 1. The lowest BCUT2D eigenvalue weighted by molar-refractivity contribution is 0.0392. The largest absolute Gasteiger partial charge is 0.495 e. The molecule has 144 valence electrons. The second-order valence-electron chi connectivity index (χ2n) is 7.89. The molecule has 2 unspecified atom stereocenters. The van der Waals surface area contributed by atoms with Crippen LogP contribution in [0.4, 0.5) is 5.69 Å². The van der Waals surface area contributed by atoms with Gasteiger partial charge in [0.2, 0.25) is 0 Å². The van der Waals surface area contributed by atoms with E-state index in [4.69, 9.17) is 4.74 Å². The van der Waals surface area contributed by atoms with Crippen LogP contribution in [0.5, 0.6) is 5.75 Å². The summed E-state index contributed by atoms with van der Waals surface area (Å²) < 4.78 is 5.53. The van der Waals surface area contributed by atoms with Gasteiger partial charge in [-0.15, -0.1) is 0 Å². The van der Waals surface area contributed by atoms with Crippen molar-refractivity contribution in [1.82, 2.24) is 4.90 Å². The van der Waals surface area contributed by atoms with Crippen molar-refractivity contribution in [1.29, 1.82) is 0 Å². The van der Waals surface area contributed by atoms with Gasteiger partial charge in [0.25, 0.3) is 0 Å². The minimum atomic E-state index is -0.282. The van der Waals surface area contributed by atoms with Gasteiger partial charge in [0.05, 0.1) is 18.9 Å². The van der Waals surface area contributed by atoms with Crippen LogP contribution >= 0.6 is 0 Å². The quantitative estimate of drug-likeness (QED) is 0.906. The first-order valence-electron chi connectivity index (χ1n) is 9.96. The summed E-state index contributed by atoms with van der Waals surface area (Å²) in [5, 5.41) is 10.9. The maximum Gasteiger partial charge on any atom is 0.142 e. The van der Waals surface area contributed by atoms with E-state index in [0.717, 1.165) is 44.8 Å². The van der Waals surface area contributed by atoms with E-state index in [9.17, 15) is 5.11 Å². The third-order valence-electron chi connectivity index (χ3n) is 6.38. The Morgan fingerprint density at radius 2 is 1.52 bits per heavy atom. The topological polar surface area (TPSA) is 35.9 Å². The summed E-state index contributed by atoms with van der Waals surface area (Å²) in [6, 6.07) is 12.9. The molecule has 2 aromatic carbocycles. The summed E-state index contributed by atoms with van der Waals surface area (Å²) in [5.74, 6) is 0.934. The number of ether oxygens (including phenoxy) is 1. The molecule has 0 amide bonds. The van der Waals surface area contributed by atoms with Crippen molar-refractivity contribution in [2.24, 2.45) is 0 Å². The monoisotopic (exact) mass is 366 g/mol. The van der Waals surface area contributed by atoms with Crippen LogP contribution in [0.25, 0.3) is 0 Å². The number of benzene rings is 2. The van der Waals surface area contributed by atoms with Gasteiger partial charge < -0.3 is 14.7 Å². The Balaban J connectivity index is 1.48. The van der Waals surface area contributed by atoms with Crippen LogP contribution in [0.3, 0.4) is 0 Å². The van der Waals surface area contributed by atoms with Gasteiger partial charge in [0, 0.05) is 38.6 Å². The van der Waals surface area contributed by atoms with Crippen molar-refractivity contribution in [3.63, 3.8) is 0 Å². The van der Waals surface area contributed by atoms with Crippen molar-refractivity contribution in [2.45, 2.75) is 38.8 Å². The summed E-state index contributed by atoms with van der Waals surface area (Å²) in [5.41, 5.74) is 6.67. The maximum absolute atomic E-state index is 10.9. The number of hydrogen-bond donors (Lipinski definition) is 1. The van der Waals surface area contributed by atoms with Gasteiger partial charge in [-0.05, 0) is 54.7 Å². The van der Waals surface area contributed by atoms with E-state index in [1.165, 1.54) is 27.9 Å². The van der Waals surface area contributed by atoms with Crippen molar-refractivity contribution in [3.05, 3.63) is 58.7 Å². The van der Waals surface area contributed by atoms with Crippen molar-refractivity contribution >= 4 is 5.69 Å². The average molecular weight is 367 g/mol. The lowest BCUT2D eigenvalue weighted by Crippen LogP contribution is -2.56. The molecule has 0 radical (unpaired) electrons. The van der Waals surface area contributed by atoms with Gasteiger partial charge in [-0.25, -0.2) is 0 Å². The van der Waals surface area contributed by atoms with Crippen molar-refractivity contribution < 1.29 is 9.84 Å². The maximum atomic E-state index is 10.9. The molecule has 2 atom stereocenters. The number of hydrogen-bond acceptors (Lipinski definition) is 4. The number of piperazine rings is 1. The van der Waals surface area contributed by atoms with Gasteiger partial charge >= 0.3 is 0 Å². The Kier molecular flexibility index (Phi) is 5.11. The van der Waals surface area contributed by atoms with Gasteiger partial charge in [0.1, 0.15) is 5.75 Å². The van der Waals surface area contributed by atoms with E-state index in [1.54, 1.807) is 7.11 Å². The fraction of sp³-hybridized carbons (Fsp3) is 0.478. The van der Waals surface area contributed by atoms with Gasteiger partial charge in [-0.3, -0.25) is 4.90 Å². The highest BCUT2D eigenvalue weighted by Crippen LogP contribution is 2.32. The summed E-state index contributed by atoms with van der Waals surface area (Å²) >= 11 is 0. The molecule has 1 aliphatic carbocycles. The molecule has 1 N–H and O–H groups in total. The lowest BCUT2D eigenvalue weighted by Gasteiger charge is -2.44. The second kappa shape index (κ2) is 7.53. The molecule has 4 nitrogen and oxygen atoms in total. The zero-order valence-corrected chi connectivity index (χ0v) is 16.6. The Morgan fingerprint density at radius 3 is 2.19 bits per heavy atom. The molecule has 1 saturated heterocycles. The first-order valence-corrected chi connectivity index (χ1v) is 9.96. The van der Waals surface area contributed by atoms with E-state index >= 15 is 0 Å². The minimum Gasteiger partial charge on any atom is -0.495 e. The fourth-order valence-electron chi connectivity index (χ4n) is 4.74. The zero-order valence-electron chi connectivity index (χ0n) is 16.6. The number of anilines is 1. The van der Waals surface area contributed by atoms with E-state index in [-0.39, 0.29) is 12.1 Å². The Morgan fingerprint density at radius 1 is 0.889 bits per heavy atom. The van der Waals surface area contributed by atoms with Gasteiger partial charge in [-0.1, -0.05) is 24.3 Å². The predicted molar refractivity (Wildman–Crippen MR) is 110 cm³/mol. The molecule has 27 heavy (non-hydrogen) atoms. The molecule has 0 bridgehead atoms. The molecular formula is C23H30N2O2. The smallest absolute Gasteiger partial charge is 0.142 e. The fourth-order valence-corrected chi connectivity index (χ4v) is 4.74. The Labute approximate surface area is 162 Å². The number of para-hydroxylation sites is 2. The molecule has 4 heteroatoms. The number of aliphatic hydroxyl groups excluding tert-OH is 1. The van der Waals surface area contributed by atoms with E-state index in [1.807, 2.05) is 12.1 Å². The van der Waals surface area contributed by atoms with Crippen LogP contribution in [0.1, 0.15) is 22.3 Å². The number of nitrogens with zero attached hydrogens (tertiary/aromatic N) is 2. The zero-order chi connectivity index (χ0) is 19.0. The first kappa shape index (κ1) is 18.3. The SMILES string of the molecule is COc1ccccc1N1CCN(C2Cc3c(C)ccc(C)c3CC2O)CC1. The molecule has 2 aromatic rings. The summed E-state index contributed by atoms with van der Waals surface area (Å²) in [4.78, 5) is 4.88. The summed E-state index contributed by atoms with van der Waals surface area (Å²) in [6.45, 7) is 8.23. The van der Waals surface area contributed by atoms with Crippen LogP contribution in [-0.2, 0) is 12.8 Å². The van der Waals surface area contributed by atoms with Crippen molar-refractivity contribution in [3.8, 4) is 5.75 Å². The second-order valence-corrected chi connectivity index (χ2v) is 7.89. The molecule has 2 aliphatic rings. The molecule has 0 saturated carbocycles. The molecule has 1 heterocycles. The van der Waals surface area contributed by atoms with Crippen LogP contribution in [-0.4, -0.2) is 55.4 Å². The average Bonchev–Trinajstić information content (AvgIpc) is 2.71. The number of aryl methyl sites for hydroxylation is 2. The standard InChI is InChI=1S/C23H30N2O2/c1-16-8-9-17(2)19-15-22(26)21(14-18(16)19)25-12-10-24(11-13-25)20-6-4-5-7-23(20)27-3/h4-9,21-22,26H,10-15H2,1-3H3. The highest BCUT2D eigenvalue weighted by molar-refractivity contribution is 5.58. The van der Waals surface area contributed by atoms with Gasteiger partial charge in [-0.2, -0.15) is 0 Å². The normalized spacial score (nSPS) is 23.2. The Bertz CT molecular complexity index is 812. The lowest BCUT2D eigenvalue weighted by atomic mass is 9.81. The van der Waals surface area contributed by atoms with E-state index in [0.29, 0.717) is 0 Å².